The Labute approximate surface area is 211 Å². The van der Waals surface area contributed by atoms with Crippen LogP contribution in [0.2, 0.25) is 0 Å². The van der Waals surface area contributed by atoms with Crippen LogP contribution in [0.15, 0.2) is 5.16 Å². The van der Waals surface area contributed by atoms with E-state index in [0.29, 0.717) is 0 Å². The summed E-state index contributed by atoms with van der Waals surface area (Å²) in [5.41, 5.74) is 3.28. The fourth-order valence-corrected chi connectivity index (χ4v) is 5.51. The fraction of sp³-hybridized carbons (Fsp3) is 0.556. The monoisotopic (exact) mass is 546 g/mol. The summed E-state index contributed by atoms with van der Waals surface area (Å²) in [5.74, 6) is -4.19. The molecule has 4 N–H and O–H groups in total. The summed E-state index contributed by atoms with van der Waals surface area (Å²) in [6, 6.07) is -1.00. The molecule has 1 aromatic heterocycles. The Hall–Kier alpha value is -2.92. The number of esters is 1. The van der Waals surface area contributed by atoms with Gasteiger partial charge in [-0.25, -0.2) is 4.79 Å². The van der Waals surface area contributed by atoms with E-state index in [1.807, 2.05) is 0 Å². The number of ether oxygens (including phenoxy) is 1. The van der Waals surface area contributed by atoms with Crippen molar-refractivity contribution < 1.29 is 38.7 Å². The molecule has 4 atom stereocenters. The highest BCUT2D eigenvalue weighted by Gasteiger charge is 2.62. The number of nitrogens with zero attached hydrogens (tertiary/aromatic N) is 4. The number of hydrogen-bond acceptors (Lipinski definition) is 14. The lowest BCUT2D eigenvalue weighted by Crippen LogP contribution is -2.77. The van der Waals surface area contributed by atoms with Gasteiger partial charge in [-0.15, -0.1) is 23.5 Å². The highest BCUT2D eigenvalue weighted by Crippen LogP contribution is 2.44. The second-order valence-electron chi connectivity index (χ2n) is 7.57. The topological polar surface area (TPSA) is 203 Å². The predicted molar refractivity (Wildman–Crippen MR) is 127 cm³/mol. The highest BCUT2D eigenvalue weighted by atomic mass is 32.2. The number of aliphatic carboxylic acids is 1. The van der Waals surface area contributed by atoms with Crippen molar-refractivity contribution in [3.05, 3.63) is 5.82 Å². The number of oxime groups is 1. The summed E-state index contributed by atoms with van der Waals surface area (Å²) >= 11 is 3.22. The number of carbonyl (C=O) groups excluding carboxylic acids is 4. The normalized spacial score (nSPS) is 25.8. The molecule has 2 aliphatic heterocycles. The molecule has 35 heavy (non-hydrogen) atoms. The summed E-state index contributed by atoms with van der Waals surface area (Å²) in [6.07, 6.45) is 1.18. The first-order valence-electron chi connectivity index (χ1n) is 10.00. The van der Waals surface area contributed by atoms with E-state index in [4.69, 9.17) is 15.3 Å². The Morgan fingerprint density at radius 3 is 2.69 bits per heavy atom. The van der Waals surface area contributed by atoms with E-state index >= 15 is 0 Å². The number of hydrogen-bond donors (Lipinski definition) is 3. The van der Waals surface area contributed by atoms with Crippen LogP contribution in [0.4, 0.5) is 5.13 Å². The lowest BCUT2D eigenvalue weighted by atomic mass is 9.94. The molecule has 0 bridgehead atoms. The third-order valence-electron chi connectivity index (χ3n) is 5.08. The third-order valence-corrected chi connectivity index (χ3v) is 7.56. The number of carboxylic acid groups (broad SMARTS) is 1. The van der Waals surface area contributed by atoms with Gasteiger partial charge in [-0.1, -0.05) is 5.16 Å². The van der Waals surface area contributed by atoms with Crippen LogP contribution in [-0.2, 0) is 33.5 Å². The van der Waals surface area contributed by atoms with Gasteiger partial charge in [-0.05, 0) is 20.1 Å². The van der Waals surface area contributed by atoms with Crippen molar-refractivity contribution in [1.82, 2.24) is 19.6 Å². The molecule has 17 heteroatoms. The molecule has 2 amide bonds. The maximum Gasteiger partial charge on any atom is 0.351 e. The number of carboxylic acids is 1. The molecule has 190 valence electrons. The number of β-lactam (4-membered cyclic amide) rings is 1. The first kappa shape index (κ1) is 26.7. The number of Topliss-reactive ketones (excluding diaryl/α,β-unsaturated/α-hetero) is 1. The molecule has 3 unspecified atom stereocenters. The summed E-state index contributed by atoms with van der Waals surface area (Å²) in [7, 11) is 0. The molecule has 0 spiro atoms. The van der Waals surface area contributed by atoms with Gasteiger partial charge in [0.1, 0.15) is 23.6 Å². The number of amides is 2. The van der Waals surface area contributed by atoms with E-state index in [1.165, 1.54) is 30.5 Å². The molecule has 2 fully saturated rings. The standard InChI is InChI=1S/C18H22N6O8S3/c1-7(25)4-9(26)32-18(16(29)30)5-24-14(28)11(15(24)34-8(18)2)20-13(27)10(22-31-6-33-3)12-21-17(19)35-23-12/h8,11,15H,4-6H2,1-3H3,(H,20,27)(H,29,30)(H2,19,21,23)/t8?,11?,15-,18?/m1/s1. The van der Waals surface area contributed by atoms with Crippen LogP contribution in [-0.4, -0.2) is 95.6 Å². The Bertz CT molecular complexity index is 1080. The molecular weight excluding hydrogens is 524 g/mol. The van der Waals surface area contributed by atoms with E-state index in [9.17, 15) is 29.1 Å². The van der Waals surface area contributed by atoms with Crippen LogP contribution in [0.25, 0.3) is 0 Å². The van der Waals surface area contributed by atoms with Crippen LogP contribution in [0.1, 0.15) is 26.1 Å². The molecule has 0 saturated carbocycles. The largest absolute Gasteiger partial charge is 0.478 e. The Kier molecular flexibility index (Phi) is 8.22. The molecule has 1 aromatic rings. The number of ketones is 1. The van der Waals surface area contributed by atoms with E-state index in [0.717, 1.165) is 23.3 Å². The van der Waals surface area contributed by atoms with Gasteiger partial charge in [0.05, 0.1) is 11.8 Å². The molecule has 14 nitrogen and oxygen atoms in total. The fourth-order valence-electron chi connectivity index (χ4n) is 3.39. The minimum absolute atomic E-state index is 0.0679. The van der Waals surface area contributed by atoms with Crippen LogP contribution in [0.3, 0.4) is 0 Å². The zero-order valence-electron chi connectivity index (χ0n) is 18.7. The van der Waals surface area contributed by atoms with Crippen LogP contribution in [0.5, 0.6) is 0 Å². The highest BCUT2D eigenvalue weighted by molar-refractivity contribution is 8.00. The number of nitrogen functional groups attached to an aromatic ring is 1. The number of nitrogens with one attached hydrogen (secondary N) is 1. The van der Waals surface area contributed by atoms with Crippen molar-refractivity contribution in [1.29, 1.82) is 0 Å². The van der Waals surface area contributed by atoms with Gasteiger partial charge < -0.3 is 30.6 Å². The van der Waals surface area contributed by atoms with E-state index < -0.39 is 64.8 Å². The van der Waals surface area contributed by atoms with E-state index in [2.05, 4.69) is 19.8 Å². The summed E-state index contributed by atoms with van der Waals surface area (Å²) in [5, 5.41) is 14.8. The van der Waals surface area contributed by atoms with Crippen molar-refractivity contribution in [3.63, 3.8) is 0 Å². The van der Waals surface area contributed by atoms with E-state index in [-0.39, 0.29) is 22.6 Å². The number of anilines is 1. The number of rotatable bonds is 10. The van der Waals surface area contributed by atoms with Crippen molar-refractivity contribution in [2.75, 3.05) is 24.5 Å². The Morgan fingerprint density at radius 1 is 1.40 bits per heavy atom. The smallest absolute Gasteiger partial charge is 0.351 e. The zero-order chi connectivity index (χ0) is 25.9. The van der Waals surface area contributed by atoms with Gasteiger partial charge in [0.2, 0.25) is 23.0 Å². The number of aromatic nitrogens is 2. The summed E-state index contributed by atoms with van der Waals surface area (Å²) in [4.78, 5) is 71.3. The molecule has 3 rings (SSSR count). The summed E-state index contributed by atoms with van der Waals surface area (Å²) < 4.78 is 9.16. The van der Waals surface area contributed by atoms with Crippen LogP contribution >= 0.6 is 35.1 Å². The average molecular weight is 547 g/mol. The van der Waals surface area contributed by atoms with Gasteiger partial charge in [0.15, 0.2) is 11.1 Å². The summed E-state index contributed by atoms with van der Waals surface area (Å²) in [6.45, 7) is 2.27. The zero-order valence-corrected chi connectivity index (χ0v) is 21.2. The van der Waals surface area contributed by atoms with Gasteiger partial charge in [-0.3, -0.25) is 19.2 Å². The van der Waals surface area contributed by atoms with Crippen LogP contribution in [0, 0.1) is 0 Å². The van der Waals surface area contributed by atoms with Gasteiger partial charge in [-0.2, -0.15) is 9.36 Å². The molecule has 2 saturated heterocycles. The minimum Gasteiger partial charge on any atom is -0.478 e. The van der Waals surface area contributed by atoms with Crippen molar-refractivity contribution >= 4 is 75.4 Å². The second kappa shape index (κ2) is 10.8. The quantitative estimate of drug-likeness (QED) is 0.0632. The first-order chi connectivity index (χ1) is 16.5. The van der Waals surface area contributed by atoms with Gasteiger partial charge in [0, 0.05) is 11.5 Å². The van der Waals surface area contributed by atoms with Gasteiger partial charge in [0.25, 0.3) is 5.91 Å². The lowest BCUT2D eigenvalue weighted by Gasteiger charge is -2.55. The average Bonchev–Trinajstić information content (AvgIpc) is 3.21. The number of thioether (sulfide) groups is 2. The lowest BCUT2D eigenvalue weighted by molar-refractivity contribution is -0.187. The minimum atomic E-state index is -2.04. The molecule has 2 aliphatic rings. The molecular formula is C18H22N6O8S3. The van der Waals surface area contributed by atoms with Crippen molar-refractivity contribution in [3.8, 4) is 0 Å². The second-order valence-corrected chi connectivity index (χ2v) is 10.6. The third kappa shape index (κ3) is 5.51. The van der Waals surface area contributed by atoms with Gasteiger partial charge >= 0.3 is 11.9 Å². The molecule has 0 aliphatic carbocycles. The molecule has 3 heterocycles. The molecule has 0 radical (unpaired) electrons. The van der Waals surface area contributed by atoms with E-state index in [1.54, 1.807) is 6.26 Å². The van der Waals surface area contributed by atoms with Crippen LogP contribution < -0.4 is 11.1 Å². The predicted octanol–water partition coefficient (Wildman–Crippen LogP) is -0.704. The maximum atomic E-state index is 12.9. The number of fused-ring (bicyclic) bond motifs is 1. The SMILES string of the molecule is CSCON=C(C(=O)NC1C(=O)N2CC(OC(=O)CC(C)=O)(C(=O)O)C(C)S[C@H]12)c1nsc(N)n1. The number of carbonyl (C=O) groups is 5. The maximum absolute atomic E-state index is 12.9. The van der Waals surface area contributed by atoms with Crippen molar-refractivity contribution in [2.45, 2.75) is 42.5 Å². The Morgan fingerprint density at radius 2 is 2.11 bits per heavy atom. The first-order valence-corrected chi connectivity index (χ1v) is 13.1. The Balaban J connectivity index is 1.75. The molecule has 0 aromatic carbocycles. The number of nitrogens with two attached hydrogens (primary N) is 1. The van der Waals surface area contributed by atoms with Crippen molar-refractivity contribution in [2.24, 2.45) is 5.16 Å².